The van der Waals surface area contributed by atoms with Gasteiger partial charge in [-0.25, -0.2) is 14.8 Å². The fraction of sp³-hybridized carbons (Fsp3) is 0.222. The van der Waals surface area contributed by atoms with E-state index in [1.54, 1.807) is 7.05 Å². The van der Waals surface area contributed by atoms with Crippen molar-refractivity contribution < 1.29 is 0 Å². The van der Waals surface area contributed by atoms with Crippen molar-refractivity contribution in [2.75, 3.05) is 0 Å². The number of para-hydroxylation sites is 1. The van der Waals surface area contributed by atoms with Crippen LogP contribution in [0.1, 0.15) is 12.0 Å². The summed E-state index contributed by atoms with van der Waals surface area (Å²) in [6.45, 7) is 0.357. The molecule has 3 aromatic heterocycles. The van der Waals surface area contributed by atoms with E-state index in [1.165, 1.54) is 32.6 Å². The zero-order valence-corrected chi connectivity index (χ0v) is 13.8. The third kappa shape index (κ3) is 2.53. The highest BCUT2D eigenvalue weighted by Gasteiger charge is 2.12. The van der Waals surface area contributed by atoms with Crippen LogP contribution in [0.25, 0.3) is 21.9 Å². The number of H-pyrrole nitrogens is 1. The van der Waals surface area contributed by atoms with Crippen molar-refractivity contribution in [3.63, 3.8) is 0 Å². The van der Waals surface area contributed by atoms with Gasteiger partial charge in [-0.1, -0.05) is 18.2 Å². The fourth-order valence-electron chi connectivity index (χ4n) is 3.21. The molecule has 1 aromatic carbocycles. The molecule has 0 spiro atoms. The lowest BCUT2D eigenvalue weighted by atomic mass is 10.1. The van der Waals surface area contributed by atoms with Crippen molar-refractivity contribution in [3.05, 3.63) is 69.4 Å². The molecule has 3 heterocycles. The first-order valence-electron chi connectivity index (χ1n) is 8.11. The summed E-state index contributed by atoms with van der Waals surface area (Å²) in [7, 11) is 1.62. The predicted molar refractivity (Wildman–Crippen MR) is 95.7 cm³/mol. The average molecular weight is 335 g/mol. The van der Waals surface area contributed by atoms with Crippen LogP contribution in [0.15, 0.2) is 52.6 Å². The standard InChI is InChI=1S/C18H17N5O2/c1-22-16-14(10-19-11-21-16)17(24)23(18(22)25)8-4-5-12-9-20-15-7-3-2-6-13(12)15/h2-3,6-7,9-11,20H,4-5,8H2,1H3. The monoisotopic (exact) mass is 335 g/mol. The number of benzene rings is 1. The van der Waals surface area contributed by atoms with Crippen LogP contribution >= 0.6 is 0 Å². The minimum absolute atomic E-state index is 0.336. The fourth-order valence-corrected chi connectivity index (χ4v) is 3.21. The van der Waals surface area contributed by atoms with Gasteiger partial charge in [0, 0.05) is 36.9 Å². The van der Waals surface area contributed by atoms with Crippen LogP contribution in [-0.2, 0) is 20.0 Å². The van der Waals surface area contributed by atoms with Gasteiger partial charge in [0.2, 0.25) is 0 Å². The first-order valence-corrected chi connectivity index (χ1v) is 8.11. The summed E-state index contributed by atoms with van der Waals surface area (Å²) in [6.07, 6.45) is 6.25. The van der Waals surface area contributed by atoms with Gasteiger partial charge in [0.25, 0.3) is 5.56 Å². The maximum atomic E-state index is 12.6. The van der Waals surface area contributed by atoms with Crippen molar-refractivity contribution in [1.29, 1.82) is 0 Å². The lowest BCUT2D eigenvalue weighted by Crippen LogP contribution is -2.39. The number of rotatable bonds is 4. The van der Waals surface area contributed by atoms with Crippen LogP contribution < -0.4 is 11.2 Å². The Morgan fingerprint density at radius 1 is 1.16 bits per heavy atom. The summed E-state index contributed by atoms with van der Waals surface area (Å²) in [5.74, 6) is 0. The summed E-state index contributed by atoms with van der Waals surface area (Å²) in [4.78, 5) is 36.2. The second kappa shape index (κ2) is 6.01. The minimum Gasteiger partial charge on any atom is -0.361 e. The van der Waals surface area contributed by atoms with Crippen molar-refractivity contribution in [2.45, 2.75) is 19.4 Å². The molecule has 0 atom stereocenters. The molecule has 7 nitrogen and oxygen atoms in total. The van der Waals surface area contributed by atoms with Crippen LogP contribution in [0.2, 0.25) is 0 Å². The van der Waals surface area contributed by atoms with E-state index in [1.807, 2.05) is 24.4 Å². The Bertz CT molecular complexity index is 1190. The molecule has 0 radical (unpaired) electrons. The number of fused-ring (bicyclic) bond motifs is 2. The summed E-state index contributed by atoms with van der Waals surface area (Å²) in [6, 6.07) is 8.09. The molecule has 0 aliphatic heterocycles. The summed E-state index contributed by atoms with van der Waals surface area (Å²) in [5, 5.41) is 1.53. The predicted octanol–water partition coefficient (Wildman–Crippen LogP) is 1.60. The lowest BCUT2D eigenvalue weighted by molar-refractivity contribution is 0.573. The largest absolute Gasteiger partial charge is 0.361 e. The molecule has 1 N–H and O–H groups in total. The highest BCUT2D eigenvalue weighted by Crippen LogP contribution is 2.19. The van der Waals surface area contributed by atoms with Gasteiger partial charge in [0.15, 0.2) is 5.65 Å². The summed E-state index contributed by atoms with van der Waals surface area (Å²) in [5.41, 5.74) is 1.95. The van der Waals surface area contributed by atoms with Crippen LogP contribution in [0.5, 0.6) is 0 Å². The minimum atomic E-state index is -0.352. The van der Waals surface area contributed by atoms with Gasteiger partial charge in [-0.15, -0.1) is 0 Å². The molecule has 0 aliphatic rings. The smallest absolute Gasteiger partial charge is 0.332 e. The molecule has 0 unspecified atom stereocenters. The van der Waals surface area contributed by atoms with Crippen molar-refractivity contribution in [3.8, 4) is 0 Å². The highest BCUT2D eigenvalue weighted by molar-refractivity contribution is 5.83. The van der Waals surface area contributed by atoms with E-state index in [0.29, 0.717) is 24.0 Å². The van der Waals surface area contributed by atoms with Crippen molar-refractivity contribution in [1.82, 2.24) is 24.1 Å². The molecule has 4 aromatic rings. The Kier molecular flexibility index (Phi) is 3.68. The second-order valence-electron chi connectivity index (χ2n) is 6.02. The third-order valence-electron chi connectivity index (χ3n) is 4.51. The number of nitrogens with one attached hydrogen (secondary N) is 1. The SMILES string of the molecule is Cn1c(=O)n(CCCc2c[nH]c3ccccc23)c(=O)c2cncnc21. The van der Waals surface area contributed by atoms with E-state index >= 15 is 0 Å². The summed E-state index contributed by atoms with van der Waals surface area (Å²) >= 11 is 0. The Balaban J connectivity index is 1.63. The molecular weight excluding hydrogens is 318 g/mol. The topological polar surface area (TPSA) is 85.6 Å². The van der Waals surface area contributed by atoms with E-state index in [4.69, 9.17) is 0 Å². The zero-order valence-electron chi connectivity index (χ0n) is 13.8. The quantitative estimate of drug-likeness (QED) is 0.614. The molecule has 0 saturated carbocycles. The third-order valence-corrected chi connectivity index (χ3v) is 4.51. The van der Waals surface area contributed by atoms with Crippen LogP contribution in [0.3, 0.4) is 0 Å². The normalized spacial score (nSPS) is 11.4. The highest BCUT2D eigenvalue weighted by atomic mass is 16.2. The zero-order chi connectivity index (χ0) is 17.4. The molecule has 4 rings (SSSR count). The average Bonchev–Trinajstić information content (AvgIpc) is 3.06. The van der Waals surface area contributed by atoms with Gasteiger partial charge in [0.05, 0.1) is 0 Å². The number of hydrogen-bond donors (Lipinski definition) is 1. The van der Waals surface area contributed by atoms with Gasteiger partial charge in [-0.2, -0.15) is 0 Å². The van der Waals surface area contributed by atoms with E-state index < -0.39 is 0 Å². The van der Waals surface area contributed by atoms with E-state index in [2.05, 4.69) is 21.0 Å². The molecule has 25 heavy (non-hydrogen) atoms. The maximum Gasteiger partial charge on any atom is 0.332 e. The van der Waals surface area contributed by atoms with Crippen LogP contribution in [-0.4, -0.2) is 24.1 Å². The molecule has 126 valence electrons. The maximum absolute atomic E-state index is 12.6. The number of aryl methyl sites for hydroxylation is 2. The Hall–Kier alpha value is -3.22. The van der Waals surface area contributed by atoms with Gasteiger partial charge >= 0.3 is 5.69 Å². The van der Waals surface area contributed by atoms with Crippen LogP contribution in [0, 0.1) is 0 Å². The molecular formula is C18H17N5O2. The molecule has 0 amide bonds. The molecule has 7 heteroatoms. The Labute approximate surface area is 142 Å². The van der Waals surface area contributed by atoms with Gasteiger partial charge in [-0.3, -0.25) is 13.9 Å². The molecule has 0 aliphatic carbocycles. The molecule has 0 fully saturated rings. The number of nitrogens with zero attached hydrogens (tertiary/aromatic N) is 4. The number of hydrogen-bond acceptors (Lipinski definition) is 4. The lowest BCUT2D eigenvalue weighted by Gasteiger charge is -2.09. The Morgan fingerprint density at radius 2 is 2.00 bits per heavy atom. The number of aromatic amines is 1. The molecule has 0 saturated heterocycles. The molecule has 0 bridgehead atoms. The van der Waals surface area contributed by atoms with Gasteiger partial charge < -0.3 is 4.98 Å². The first kappa shape index (κ1) is 15.3. The summed E-state index contributed by atoms with van der Waals surface area (Å²) < 4.78 is 2.66. The Morgan fingerprint density at radius 3 is 2.88 bits per heavy atom. The van der Waals surface area contributed by atoms with E-state index in [0.717, 1.165) is 11.9 Å². The van der Waals surface area contributed by atoms with Crippen molar-refractivity contribution in [2.24, 2.45) is 7.05 Å². The second-order valence-corrected chi connectivity index (χ2v) is 6.02. The first-order chi connectivity index (χ1) is 12.2. The van der Waals surface area contributed by atoms with Crippen LogP contribution in [0.4, 0.5) is 0 Å². The van der Waals surface area contributed by atoms with E-state index in [9.17, 15) is 9.59 Å². The van der Waals surface area contributed by atoms with Gasteiger partial charge in [0.1, 0.15) is 11.7 Å². The van der Waals surface area contributed by atoms with Crippen molar-refractivity contribution >= 4 is 21.9 Å². The van der Waals surface area contributed by atoms with Gasteiger partial charge in [-0.05, 0) is 24.5 Å². The number of aromatic nitrogens is 5. The van der Waals surface area contributed by atoms with E-state index in [-0.39, 0.29) is 11.2 Å².